The first-order chi connectivity index (χ1) is 3.70. The van der Waals surface area contributed by atoms with Gasteiger partial charge < -0.3 is 9.83 Å². The third-order valence-corrected chi connectivity index (χ3v) is 1.29. The highest BCUT2D eigenvalue weighted by Gasteiger charge is 2.28. The highest BCUT2D eigenvalue weighted by Crippen LogP contribution is 2.01. The molecule has 1 N–H and O–H groups in total. The lowest BCUT2D eigenvalue weighted by Crippen LogP contribution is -2.53. The summed E-state index contributed by atoms with van der Waals surface area (Å²) in [6, 6.07) is 0. The highest BCUT2D eigenvalue weighted by molar-refractivity contribution is 6.47. The molecule has 0 aliphatic carbocycles. The van der Waals surface area contributed by atoms with Gasteiger partial charge in [0.25, 0.3) is 0 Å². The summed E-state index contributed by atoms with van der Waals surface area (Å²) >= 11 is 0. The van der Waals surface area contributed by atoms with Crippen molar-refractivity contribution in [2.75, 3.05) is 13.1 Å². The minimum absolute atomic E-state index is 0.214. The average molecular weight is 113 g/mol. The monoisotopic (exact) mass is 113 g/mol. The Kier molecular flexibility index (Phi) is 1.36. The molecule has 1 aliphatic heterocycles. The Morgan fingerprint density at radius 3 is 2.38 bits per heavy atom. The van der Waals surface area contributed by atoms with Crippen molar-refractivity contribution in [1.82, 2.24) is 4.81 Å². The maximum Gasteiger partial charge on any atom is 0.377 e. The molecule has 1 rings (SSSR count). The molecule has 0 aromatic heterocycles. The van der Waals surface area contributed by atoms with Gasteiger partial charge in [0.05, 0.1) is 13.1 Å². The minimum atomic E-state index is -0.451. The summed E-state index contributed by atoms with van der Waals surface area (Å²) < 4.78 is 0. The summed E-state index contributed by atoms with van der Waals surface area (Å²) in [6.45, 7) is 2.52. The Morgan fingerprint density at radius 1 is 1.75 bits per heavy atom. The molecular formula is C4H8BNO2. The quantitative estimate of drug-likeness (QED) is 0.442. The molecular weight excluding hydrogens is 105 g/mol. The Labute approximate surface area is 48.4 Å². The third kappa shape index (κ3) is 0.902. The topological polar surface area (TPSA) is 40.5 Å². The molecule has 0 radical (unpaired) electrons. The Balaban J connectivity index is 2.25. The van der Waals surface area contributed by atoms with Crippen LogP contribution in [0.1, 0.15) is 0 Å². The first kappa shape index (κ1) is 5.79. The van der Waals surface area contributed by atoms with Crippen LogP contribution in [0.2, 0.25) is 6.82 Å². The van der Waals surface area contributed by atoms with E-state index in [1.807, 2.05) is 0 Å². The van der Waals surface area contributed by atoms with Crippen LogP contribution >= 0.6 is 0 Å². The first-order valence-electron chi connectivity index (χ1n) is 2.64. The van der Waals surface area contributed by atoms with Gasteiger partial charge in [0.2, 0.25) is 0 Å². The fourth-order valence-electron chi connectivity index (χ4n) is 0.671. The zero-order valence-corrected chi connectivity index (χ0v) is 4.79. The van der Waals surface area contributed by atoms with Gasteiger partial charge in [0.1, 0.15) is 0 Å². The number of hydrogen-bond acceptors (Lipinski definition) is 3. The van der Waals surface area contributed by atoms with E-state index in [1.54, 1.807) is 11.6 Å². The zero-order valence-electron chi connectivity index (χ0n) is 4.79. The van der Waals surface area contributed by atoms with Crippen molar-refractivity contribution >= 4 is 12.8 Å². The smallest absolute Gasteiger partial charge is 0.377 e. The summed E-state index contributed by atoms with van der Waals surface area (Å²) in [6.07, 6.45) is 0. The summed E-state index contributed by atoms with van der Waals surface area (Å²) in [4.78, 5) is 12.0. The summed E-state index contributed by atoms with van der Waals surface area (Å²) in [5.41, 5.74) is 0. The Morgan fingerprint density at radius 2 is 2.25 bits per heavy atom. The van der Waals surface area contributed by atoms with Gasteiger partial charge in [-0.1, -0.05) is 0 Å². The van der Waals surface area contributed by atoms with Gasteiger partial charge in [-0.3, -0.25) is 4.79 Å². The van der Waals surface area contributed by atoms with Gasteiger partial charge in [-0.2, -0.15) is 0 Å². The molecule has 1 fully saturated rings. The average Bonchev–Trinajstić information content (AvgIpc) is 1.57. The van der Waals surface area contributed by atoms with Gasteiger partial charge in [-0.25, -0.2) is 0 Å². The van der Waals surface area contributed by atoms with Crippen LogP contribution in [0.25, 0.3) is 0 Å². The largest absolute Gasteiger partial charge is 0.437 e. The van der Waals surface area contributed by atoms with Crippen LogP contribution < -0.4 is 0 Å². The van der Waals surface area contributed by atoms with E-state index in [2.05, 4.69) is 0 Å². The van der Waals surface area contributed by atoms with E-state index in [4.69, 9.17) is 5.02 Å². The van der Waals surface area contributed by atoms with E-state index in [-0.39, 0.29) is 5.78 Å². The van der Waals surface area contributed by atoms with Gasteiger partial charge in [-0.05, 0) is 6.82 Å². The molecule has 0 amide bonds. The van der Waals surface area contributed by atoms with Crippen molar-refractivity contribution in [3.8, 4) is 0 Å². The molecule has 0 unspecified atom stereocenters. The molecule has 0 atom stereocenters. The summed E-state index contributed by atoms with van der Waals surface area (Å²) in [5.74, 6) is 0.214. The zero-order chi connectivity index (χ0) is 6.15. The van der Waals surface area contributed by atoms with Crippen LogP contribution in [0.4, 0.5) is 0 Å². The number of Topliss-reactive ketones (excluding diaryl/α,β-unsaturated/α-hetero) is 1. The fourth-order valence-corrected chi connectivity index (χ4v) is 0.671. The standard InChI is InChI=1S/C4H8BNO2/c1-5(8)6-2-4(7)3-6/h8H,2-3H2,1H3. The van der Waals surface area contributed by atoms with Crippen LogP contribution in [-0.2, 0) is 4.79 Å². The molecule has 4 heteroatoms. The van der Waals surface area contributed by atoms with Crippen LogP contribution in [0.15, 0.2) is 0 Å². The van der Waals surface area contributed by atoms with E-state index < -0.39 is 7.05 Å². The number of carbonyl (C=O) groups is 1. The second kappa shape index (κ2) is 1.87. The Bertz CT molecular complexity index is 107. The lowest BCUT2D eigenvalue weighted by atomic mass is 9.81. The number of hydrogen-bond donors (Lipinski definition) is 1. The molecule has 44 valence electrons. The van der Waals surface area contributed by atoms with Gasteiger partial charge in [0.15, 0.2) is 5.78 Å². The third-order valence-electron chi connectivity index (χ3n) is 1.29. The normalized spacial score (nSPS) is 20.5. The minimum Gasteiger partial charge on any atom is -0.437 e. The molecule has 0 aromatic carbocycles. The van der Waals surface area contributed by atoms with E-state index >= 15 is 0 Å². The Hall–Kier alpha value is -0.345. The summed E-state index contributed by atoms with van der Waals surface area (Å²) in [5, 5.41) is 8.76. The molecule has 1 saturated heterocycles. The van der Waals surface area contributed by atoms with Crippen molar-refractivity contribution in [2.24, 2.45) is 0 Å². The molecule has 0 aromatic rings. The highest BCUT2D eigenvalue weighted by atomic mass is 16.2. The molecule has 0 saturated carbocycles. The predicted octanol–water partition coefficient (Wildman–Crippen LogP) is -1.02. The number of ketones is 1. The van der Waals surface area contributed by atoms with Crippen molar-refractivity contribution < 1.29 is 9.82 Å². The van der Waals surface area contributed by atoms with Crippen molar-refractivity contribution in [2.45, 2.75) is 6.82 Å². The maximum atomic E-state index is 10.3. The number of nitrogens with zero attached hydrogens (tertiary/aromatic N) is 1. The molecule has 1 heterocycles. The van der Waals surface area contributed by atoms with E-state index in [9.17, 15) is 4.79 Å². The first-order valence-corrected chi connectivity index (χ1v) is 2.64. The van der Waals surface area contributed by atoms with Crippen molar-refractivity contribution in [1.29, 1.82) is 0 Å². The number of rotatable bonds is 1. The lowest BCUT2D eigenvalue weighted by Gasteiger charge is -2.29. The summed E-state index contributed by atoms with van der Waals surface area (Å²) in [7, 11) is -0.451. The van der Waals surface area contributed by atoms with Crippen LogP contribution in [-0.4, -0.2) is 35.8 Å². The van der Waals surface area contributed by atoms with Gasteiger partial charge in [-0.15, -0.1) is 0 Å². The van der Waals surface area contributed by atoms with E-state index in [0.717, 1.165) is 0 Å². The predicted molar refractivity (Wildman–Crippen MR) is 30.4 cm³/mol. The fraction of sp³-hybridized carbons (Fsp3) is 0.750. The number of carbonyl (C=O) groups excluding carboxylic acids is 1. The van der Waals surface area contributed by atoms with Crippen LogP contribution in [0.5, 0.6) is 0 Å². The lowest BCUT2D eigenvalue weighted by molar-refractivity contribution is -0.126. The molecule has 3 nitrogen and oxygen atoms in total. The maximum absolute atomic E-state index is 10.3. The SMILES string of the molecule is CB(O)N1CC(=O)C1. The molecule has 8 heavy (non-hydrogen) atoms. The van der Waals surface area contributed by atoms with E-state index in [1.165, 1.54) is 0 Å². The molecule has 0 bridgehead atoms. The van der Waals surface area contributed by atoms with Crippen molar-refractivity contribution in [3.05, 3.63) is 0 Å². The molecule has 0 spiro atoms. The van der Waals surface area contributed by atoms with Crippen LogP contribution in [0, 0.1) is 0 Å². The second-order valence-electron chi connectivity index (χ2n) is 2.08. The van der Waals surface area contributed by atoms with Gasteiger partial charge >= 0.3 is 7.05 Å². The van der Waals surface area contributed by atoms with Gasteiger partial charge in [0, 0.05) is 0 Å². The van der Waals surface area contributed by atoms with Crippen molar-refractivity contribution in [3.63, 3.8) is 0 Å². The second-order valence-corrected chi connectivity index (χ2v) is 2.08. The van der Waals surface area contributed by atoms with Crippen LogP contribution in [0.3, 0.4) is 0 Å². The van der Waals surface area contributed by atoms with E-state index in [0.29, 0.717) is 13.1 Å². The molecule has 1 aliphatic rings.